The number of rotatable bonds is 1. The number of hydrogen-bond acceptors (Lipinski definition) is 4. The molecule has 0 aromatic carbocycles. The number of pyridine rings is 1. The first-order valence-electron chi connectivity index (χ1n) is 5.28. The lowest BCUT2D eigenvalue weighted by molar-refractivity contribution is 1.07. The lowest BCUT2D eigenvalue weighted by Gasteiger charge is -1.96. The standard InChI is InChI=1S/C11H9N5O2/c1-5-2-6(4-12-3-5)8-13-7-9(14-8)15-11(18)16-10(7)17/h2-4H,1H3,(H3,13,14,15,16,17,18). The van der Waals surface area contributed by atoms with Crippen LogP contribution < -0.4 is 11.2 Å². The van der Waals surface area contributed by atoms with E-state index in [2.05, 4.69) is 24.9 Å². The van der Waals surface area contributed by atoms with E-state index < -0.39 is 11.2 Å². The van der Waals surface area contributed by atoms with E-state index in [1.54, 1.807) is 12.4 Å². The van der Waals surface area contributed by atoms with Crippen molar-refractivity contribution in [1.29, 1.82) is 0 Å². The maximum atomic E-state index is 11.5. The van der Waals surface area contributed by atoms with Crippen molar-refractivity contribution < 1.29 is 0 Å². The Labute approximate surface area is 99.9 Å². The zero-order chi connectivity index (χ0) is 12.7. The van der Waals surface area contributed by atoms with Gasteiger partial charge in [-0.15, -0.1) is 0 Å². The molecule has 3 rings (SSSR count). The van der Waals surface area contributed by atoms with Gasteiger partial charge in [0.1, 0.15) is 11.3 Å². The summed E-state index contributed by atoms with van der Waals surface area (Å²) in [6, 6.07) is 1.89. The van der Waals surface area contributed by atoms with Crippen LogP contribution in [0.5, 0.6) is 0 Å². The summed E-state index contributed by atoms with van der Waals surface area (Å²) in [7, 11) is 0. The molecule has 18 heavy (non-hydrogen) atoms. The van der Waals surface area contributed by atoms with Crippen LogP contribution in [0, 0.1) is 6.92 Å². The van der Waals surface area contributed by atoms with Crippen LogP contribution in [0.15, 0.2) is 28.0 Å². The second kappa shape index (κ2) is 3.66. The first kappa shape index (κ1) is 10.5. The molecule has 0 spiro atoms. The third kappa shape index (κ3) is 1.61. The van der Waals surface area contributed by atoms with Crippen LogP contribution in [0.3, 0.4) is 0 Å². The van der Waals surface area contributed by atoms with Crippen molar-refractivity contribution in [2.24, 2.45) is 0 Å². The monoisotopic (exact) mass is 243 g/mol. The molecule has 7 heteroatoms. The molecule has 0 aliphatic rings. The molecule has 0 saturated heterocycles. The first-order chi connectivity index (χ1) is 8.63. The molecule has 0 unspecified atom stereocenters. The third-order valence-corrected chi connectivity index (χ3v) is 2.54. The van der Waals surface area contributed by atoms with Gasteiger partial charge in [-0.05, 0) is 18.6 Å². The second-order valence-corrected chi connectivity index (χ2v) is 3.97. The number of hydrogen-bond donors (Lipinski definition) is 3. The van der Waals surface area contributed by atoms with Crippen LogP contribution in [0.1, 0.15) is 5.56 Å². The molecular weight excluding hydrogens is 234 g/mol. The SMILES string of the molecule is Cc1cncc(-c2nc3[nH]c(=O)[nH]c(=O)c3[nH]2)c1. The van der Waals surface area contributed by atoms with Crippen molar-refractivity contribution in [2.75, 3.05) is 0 Å². The summed E-state index contributed by atoms with van der Waals surface area (Å²) in [6.45, 7) is 1.91. The van der Waals surface area contributed by atoms with Gasteiger partial charge in [0.25, 0.3) is 5.56 Å². The fourth-order valence-electron chi connectivity index (χ4n) is 1.75. The van der Waals surface area contributed by atoms with Crippen molar-refractivity contribution in [2.45, 2.75) is 6.92 Å². The van der Waals surface area contributed by atoms with Crippen LogP contribution in [0.2, 0.25) is 0 Å². The van der Waals surface area contributed by atoms with Crippen LogP contribution in [-0.2, 0) is 0 Å². The molecule has 0 radical (unpaired) electrons. The molecule has 0 aliphatic heterocycles. The predicted molar refractivity (Wildman–Crippen MR) is 65.3 cm³/mol. The average Bonchev–Trinajstić information content (AvgIpc) is 2.73. The molecule has 3 aromatic rings. The fraction of sp³-hybridized carbons (Fsp3) is 0.0909. The van der Waals surface area contributed by atoms with Crippen molar-refractivity contribution in [3.63, 3.8) is 0 Å². The van der Waals surface area contributed by atoms with E-state index in [1.807, 2.05) is 13.0 Å². The summed E-state index contributed by atoms with van der Waals surface area (Å²) in [6.07, 6.45) is 3.36. The Kier molecular flexibility index (Phi) is 2.12. The number of nitrogens with one attached hydrogen (secondary N) is 3. The van der Waals surface area contributed by atoms with Gasteiger partial charge in [-0.25, -0.2) is 9.78 Å². The molecule has 90 valence electrons. The minimum absolute atomic E-state index is 0.236. The molecule has 0 bridgehead atoms. The van der Waals surface area contributed by atoms with E-state index >= 15 is 0 Å². The van der Waals surface area contributed by atoms with Gasteiger partial charge < -0.3 is 4.98 Å². The molecule has 0 aliphatic carbocycles. The van der Waals surface area contributed by atoms with Gasteiger partial charge in [0.2, 0.25) is 0 Å². The lowest BCUT2D eigenvalue weighted by atomic mass is 10.2. The van der Waals surface area contributed by atoms with Crippen molar-refractivity contribution in [3.8, 4) is 11.4 Å². The lowest BCUT2D eigenvalue weighted by Crippen LogP contribution is -2.21. The molecule has 7 nitrogen and oxygen atoms in total. The van der Waals surface area contributed by atoms with Gasteiger partial charge >= 0.3 is 5.69 Å². The van der Waals surface area contributed by atoms with Gasteiger partial charge in [-0.2, -0.15) is 0 Å². The molecule has 0 saturated carbocycles. The number of imidazole rings is 1. The average molecular weight is 243 g/mol. The fourth-order valence-corrected chi connectivity index (χ4v) is 1.75. The van der Waals surface area contributed by atoms with Gasteiger partial charge in [0, 0.05) is 18.0 Å². The number of aromatic amines is 3. The third-order valence-electron chi connectivity index (χ3n) is 2.54. The smallest absolute Gasteiger partial charge is 0.327 e. The molecule has 0 amide bonds. The Morgan fingerprint density at radius 2 is 1.94 bits per heavy atom. The maximum Gasteiger partial charge on any atom is 0.327 e. The minimum atomic E-state index is -0.576. The van der Waals surface area contributed by atoms with Crippen molar-refractivity contribution in [1.82, 2.24) is 24.9 Å². The Morgan fingerprint density at radius 1 is 1.11 bits per heavy atom. The van der Waals surface area contributed by atoms with Gasteiger partial charge in [-0.3, -0.25) is 19.7 Å². The van der Waals surface area contributed by atoms with Gasteiger partial charge in [-0.1, -0.05) is 0 Å². The summed E-state index contributed by atoms with van der Waals surface area (Å²) in [5.74, 6) is 0.494. The number of aryl methyl sites for hydroxylation is 1. The molecular formula is C11H9N5O2. The second-order valence-electron chi connectivity index (χ2n) is 3.97. The highest BCUT2D eigenvalue weighted by molar-refractivity contribution is 5.74. The number of fused-ring (bicyclic) bond motifs is 1. The summed E-state index contributed by atoms with van der Waals surface area (Å²) >= 11 is 0. The Bertz CT molecular complexity index is 842. The Hall–Kier alpha value is -2.70. The van der Waals surface area contributed by atoms with Crippen molar-refractivity contribution in [3.05, 3.63) is 44.9 Å². The number of H-pyrrole nitrogens is 3. The largest absolute Gasteiger partial charge is 0.332 e. The van der Waals surface area contributed by atoms with Crippen molar-refractivity contribution >= 4 is 11.2 Å². The zero-order valence-corrected chi connectivity index (χ0v) is 9.44. The summed E-state index contributed by atoms with van der Waals surface area (Å²) in [5.41, 5.74) is 1.15. The first-order valence-corrected chi connectivity index (χ1v) is 5.28. The van der Waals surface area contributed by atoms with E-state index in [-0.39, 0.29) is 11.2 Å². The van der Waals surface area contributed by atoms with E-state index in [1.165, 1.54) is 0 Å². The number of aromatic nitrogens is 5. The van der Waals surface area contributed by atoms with Gasteiger partial charge in [0.15, 0.2) is 5.65 Å². The quantitative estimate of drug-likeness (QED) is 0.571. The van der Waals surface area contributed by atoms with Crippen LogP contribution in [-0.4, -0.2) is 24.9 Å². The maximum absolute atomic E-state index is 11.5. The zero-order valence-electron chi connectivity index (χ0n) is 9.44. The Balaban J connectivity index is 2.29. The number of nitrogens with zero attached hydrogens (tertiary/aromatic N) is 2. The minimum Gasteiger partial charge on any atom is -0.332 e. The molecule has 0 fully saturated rings. The summed E-state index contributed by atoms with van der Waals surface area (Å²) in [4.78, 5) is 38.4. The molecule has 3 N–H and O–H groups in total. The Morgan fingerprint density at radius 3 is 2.72 bits per heavy atom. The summed E-state index contributed by atoms with van der Waals surface area (Å²) < 4.78 is 0. The highest BCUT2D eigenvalue weighted by atomic mass is 16.2. The topological polar surface area (TPSA) is 107 Å². The van der Waals surface area contributed by atoms with Gasteiger partial charge in [0.05, 0.1) is 0 Å². The van der Waals surface area contributed by atoms with E-state index in [9.17, 15) is 9.59 Å². The molecule has 0 atom stereocenters. The van der Waals surface area contributed by atoms with E-state index in [0.29, 0.717) is 5.82 Å². The molecule has 3 heterocycles. The van der Waals surface area contributed by atoms with E-state index in [4.69, 9.17) is 0 Å². The van der Waals surface area contributed by atoms with Crippen LogP contribution in [0.4, 0.5) is 0 Å². The summed E-state index contributed by atoms with van der Waals surface area (Å²) in [5, 5.41) is 0. The van der Waals surface area contributed by atoms with Crippen LogP contribution >= 0.6 is 0 Å². The highest BCUT2D eigenvalue weighted by Crippen LogP contribution is 2.16. The van der Waals surface area contributed by atoms with E-state index in [0.717, 1.165) is 11.1 Å². The van der Waals surface area contributed by atoms with Crippen LogP contribution in [0.25, 0.3) is 22.6 Å². The molecule has 3 aromatic heterocycles. The highest BCUT2D eigenvalue weighted by Gasteiger charge is 2.09. The normalized spacial score (nSPS) is 10.9. The predicted octanol–water partition coefficient (Wildman–Crippen LogP) is 0.310.